The molecule has 2 aromatic rings. The Morgan fingerprint density at radius 2 is 1.38 bits per heavy atom. The molecule has 0 aromatic heterocycles. The predicted octanol–water partition coefficient (Wildman–Crippen LogP) is 3.08. The lowest BCUT2D eigenvalue weighted by Gasteiger charge is -2.13. The number of hydrogen-bond acceptors (Lipinski definition) is 4. The van der Waals surface area contributed by atoms with Crippen molar-refractivity contribution in [1.82, 2.24) is 0 Å². The van der Waals surface area contributed by atoms with Gasteiger partial charge < -0.3 is 14.2 Å². The third-order valence-electron chi connectivity index (χ3n) is 3.06. The molecule has 0 spiro atoms. The number of methoxy groups -OCH3 is 3. The quantitative estimate of drug-likeness (QED) is 0.794. The lowest BCUT2D eigenvalue weighted by Crippen LogP contribution is -2.05. The number of benzene rings is 2. The van der Waals surface area contributed by atoms with E-state index < -0.39 is 5.82 Å². The van der Waals surface area contributed by atoms with Crippen molar-refractivity contribution in [1.29, 1.82) is 0 Å². The molecule has 110 valence electrons. The fraction of sp³-hybridized carbons (Fsp3) is 0.188. The molecule has 0 heterocycles. The maximum atomic E-state index is 12.9. The van der Waals surface area contributed by atoms with Gasteiger partial charge in [-0.2, -0.15) is 0 Å². The molecule has 0 saturated carbocycles. The summed E-state index contributed by atoms with van der Waals surface area (Å²) in [6, 6.07) is 8.45. The third-order valence-corrected chi connectivity index (χ3v) is 3.06. The van der Waals surface area contributed by atoms with E-state index in [2.05, 4.69) is 0 Å². The van der Waals surface area contributed by atoms with Crippen LogP contribution in [0, 0.1) is 5.82 Å². The van der Waals surface area contributed by atoms with E-state index in [0.717, 1.165) is 0 Å². The van der Waals surface area contributed by atoms with E-state index in [1.807, 2.05) is 0 Å². The molecule has 0 fully saturated rings. The van der Waals surface area contributed by atoms with Crippen LogP contribution in [0.1, 0.15) is 15.9 Å². The van der Waals surface area contributed by atoms with Crippen molar-refractivity contribution >= 4 is 5.78 Å². The van der Waals surface area contributed by atoms with Gasteiger partial charge in [0.2, 0.25) is 0 Å². The summed E-state index contributed by atoms with van der Waals surface area (Å²) in [5, 5.41) is 0. The number of ether oxygens (including phenoxy) is 3. The van der Waals surface area contributed by atoms with E-state index >= 15 is 0 Å². The van der Waals surface area contributed by atoms with E-state index in [1.165, 1.54) is 45.6 Å². The Kier molecular flexibility index (Phi) is 4.42. The number of ketones is 1. The smallest absolute Gasteiger partial charge is 0.196 e. The van der Waals surface area contributed by atoms with Crippen LogP contribution in [-0.4, -0.2) is 27.1 Å². The van der Waals surface area contributed by atoms with Gasteiger partial charge in [-0.1, -0.05) is 0 Å². The first kappa shape index (κ1) is 14.8. The van der Waals surface area contributed by atoms with Crippen LogP contribution in [0.25, 0.3) is 0 Å². The lowest BCUT2D eigenvalue weighted by molar-refractivity contribution is 0.103. The number of rotatable bonds is 5. The van der Waals surface area contributed by atoms with Gasteiger partial charge in [0.05, 0.1) is 26.9 Å². The normalized spacial score (nSPS) is 10.1. The Bertz CT molecular complexity index is 650. The minimum Gasteiger partial charge on any atom is -0.496 e. The SMILES string of the molecule is COc1cc(OC)c(C(=O)c2ccc(F)cc2)cc1OC. The van der Waals surface area contributed by atoms with Gasteiger partial charge in [0.15, 0.2) is 17.3 Å². The van der Waals surface area contributed by atoms with Gasteiger partial charge in [-0.05, 0) is 30.3 Å². The first-order valence-electron chi connectivity index (χ1n) is 6.21. The summed E-state index contributed by atoms with van der Waals surface area (Å²) in [4.78, 5) is 12.5. The highest BCUT2D eigenvalue weighted by Gasteiger charge is 2.19. The highest BCUT2D eigenvalue weighted by atomic mass is 19.1. The van der Waals surface area contributed by atoms with Crippen LogP contribution in [0.5, 0.6) is 17.2 Å². The molecule has 0 aliphatic heterocycles. The maximum absolute atomic E-state index is 12.9. The number of halogens is 1. The zero-order valence-corrected chi connectivity index (χ0v) is 12.0. The topological polar surface area (TPSA) is 44.8 Å². The van der Waals surface area contributed by atoms with Crippen molar-refractivity contribution in [2.45, 2.75) is 0 Å². The van der Waals surface area contributed by atoms with Crippen molar-refractivity contribution in [3.05, 3.63) is 53.3 Å². The molecule has 0 atom stereocenters. The van der Waals surface area contributed by atoms with Gasteiger partial charge in [0.1, 0.15) is 11.6 Å². The minimum atomic E-state index is -0.397. The molecule has 0 N–H and O–H groups in total. The highest BCUT2D eigenvalue weighted by Crippen LogP contribution is 2.35. The van der Waals surface area contributed by atoms with E-state index in [1.54, 1.807) is 12.1 Å². The predicted molar refractivity (Wildman–Crippen MR) is 75.9 cm³/mol. The molecule has 0 amide bonds. The zero-order valence-electron chi connectivity index (χ0n) is 12.0. The maximum Gasteiger partial charge on any atom is 0.196 e. The Hall–Kier alpha value is -2.56. The molecule has 0 aliphatic carbocycles. The molecule has 2 rings (SSSR count). The molecular formula is C16H15FO4. The molecular weight excluding hydrogens is 275 g/mol. The average molecular weight is 290 g/mol. The van der Waals surface area contributed by atoms with Crippen molar-refractivity contribution in [2.24, 2.45) is 0 Å². The Morgan fingerprint density at radius 1 is 0.857 bits per heavy atom. The van der Waals surface area contributed by atoms with E-state index in [4.69, 9.17) is 14.2 Å². The summed E-state index contributed by atoms with van der Waals surface area (Å²) in [6.45, 7) is 0. The summed E-state index contributed by atoms with van der Waals surface area (Å²) in [6.07, 6.45) is 0. The molecule has 0 saturated heterocycles. The molecule has 0 bridgehead atoms. The summed E-state index contributed by atoms with van der Waals surface area (Å²) in [5.41, 5.74) is 0.684. The molecule has 0 radical (unpaired) electrons. The Labute approximate surface area is 122 Å². The number of carbonyl (C=O) groups excluding carboxylic acids is 1. The average Bonchev–Trinajstić information content (AvgIpc) is 2.53. The van der Waals surface area contributed by atoms with Gasteiger partial charge in [0.25, 0.3) is 0 Å². The second-order valence-corrected chi connectivity index (χ2v) is 4.24. The van der Waals surface area contributed by atoms with Gasteiger partial charge in [-0.15, -0.1) is 0 Å². The van der Waals surface area contributed by atoms with Crippen LogP contribution in [0.2, 0.25) is 0 Å². The summed E-state index contributed by atoms with van der Waals surface area (Å²) < 4.78 is 28.5. The van der Waals surface area contributed by atoms with Gasteiger partial charge in [-0.3, -0.25) is 4.79 Å². The summed E-state index contributed by atoms with van der Waals surface area (Å²) >= 11 is 0. The van der Waals surface area contributed by atoms with Gasteiger partial charge in [0, 0.05) is 11.6 Å². The largest absolute Gasteiger partial charge is 0.496 e. The number of hydrogen-bond donors (Lipinski definition) is 0. The van der Waals surface area contributed by atoms with Crippen LogP contribution in [0.4, 0.5) is 4.39 Å². The van der Waals surface area contributed by atoms with Crippen molar-refractivity contribution in [3.63, 3.8) is 0 Å². The highest BCUT2D eigenvalue weighted by molar-refractivity contribution is 6.11. The van der Waals surface area contributed by atoms with Crippen molar-refractivity contribution < 1.29 is 23.4 Å². The van der Waals surface area contributed by atoms with Crippen LogP contribution in [0.3, 0.4) is 0 Å². The van der Waals surface area contributed by atoms with Gasteiger partial charge in [-0.25, -0.2) is 4.39 Å². The second-order valence-electron chi connectivity index (χ2n) is 4.24. The minimum absolute atomic E-state index is 0.284. The van der Waals surface area contributed by atoms with Crippen LogP contribution < -0.4 is 14.2 Å². The van der Waals surface area contributed by atoms with E-state index in [-0.39, 0.29) is 5.78 Å². The standard InChI is InChI=1S/C16H15FO4/c1-19-13-9-15(21-3)14(20-2)8-12(13)16(18)10-4-6-11(17)7-5-10/h4-9H,1-3H3. The fourth-order valence-electron chi connectivity index (χ4n) is 1.96. The Balaban J connectivity index is 2.51. The van der Waals surface area contributed by atoms with Gasteiger partial charge >= 0.3 is 0 Å². The fourth-order valence-corrected chi connectivity index (χ4v) is 1.96. The molecule has 2 aromatic carbocycles. The Morgan fingerprint density at radius 3 is 1.90 bits per heavy atom. The molecule has 0 aliphatic rings. The third kappa shape index (κ3) is 2.97. The monoisotopic (exact) mass is 290 g/mol. The lowest BCUT2D eigenvalue weighted by atomic mass is 10.0. The van der Waals surface area contributed by atoms with Crippen molar-refractivity contribution in [2.75, 3.05) is 21.3 Å². The van der Waals surface area contributed by atoms with Crippen LogP contribution >= 0.6 is 0 Å². The molecule has 4 nitrogen and oxygen atoms in total. The number of carbonyl (C=O) groups is 1. The first-order chi connectivity index (χ1) is 10.1. The molecule has 5 heteroatoms. The summed E-state index contributed by atoms with van der Waals surface area (Å²) in [5.74, 6) is 0.564. The van der Waals surface area contributed by atoms with Crippen molar-refractivity contribution in [3.8, 4) is 17.2 Å². The molecule has 21 heavy (non-hydrogen) atoms. The van der Waals surface area contributed by atoms with Crippen LogP contribution in [-0.2, 0) is 0 Å². The van der Waals surface area contributed by atoms with Crippen LogP contribution in [0.15, 0.2) is 36.4 Å². The zero-order chi connectivity index (χ0) is 15.4. The first-order valence-corrected chi connectivity index (χ1v) is 6.21. The van der Waals surface area contributed by atoms with E-state index in [9.17, 15) is 9.18 Å². The van der Waals surface area contributed by atoms with E-state index in [0.29, 0.717) is 28.4 Å². The summed E-state index contributed by atoms with van der Waals surface area (Å²) in [7, 11) is 4.44. The molecule has 0 unspecified atom stereocenters. The second kappa shape index (κ2) is 6.26.